The van der Waals surface area contributed by atoms with Gasteiger partial charge in [0, 0.05) is 6.54 Å². The number of nitrogens with one attached hydrogen (secondary N) is 1. The number of esters is 1. The minimum Gasteiger partial charge on any atom is -0.462 e. The van der Waals surface area contributed by atoms with Gasteiger partial charge in [-0.2, -0.15) is 0 Å². The van der Waals surface area contributed by atoms with E-state index in [9.17, 15) is 9.59 Å². The number of cyclic esters (lactones) is 1. The van der Waals surface area contributed by atoms with E-state index in [4.69, 9.17) is 9.47 Å². The van der Waals surface area contributed by atoms with E-state index in [1.807, 2.05) is 27.7 Å². The minimum absolute atomic E-state index is 0.0205. The van der Waals surface area contributed by atoms with Gasteiger partial charge in [-0.1, -0.05) is 13.8 Å². The molecule has 1 N–H and O–H groups in total. The summed E-state index contributed by atoms with van der Waals surface area (Å²) >= 11 is 0. The van der Waals surface area contributed by atoms with E-state index in [0.29, 0.717) is 12.5 Å². The van der Waals surface area contributed by atoms with Gasteiger partial charge in [0.05, 0.1) is 5.92 Å². The van der Waals surface area contributed by atoms with E-state index in [2.05, 4.69) is 12.2 Å². The second-order valence-electron chi connectivity index (χ2n) is 6.75. The Kier molecular flexibility index (Phi) is 5.84. The van der Waals surface area contributed by atoms with E-state index in [0.717, 1.165) is 19.3 Å². The zero-order valence-corrected chi connectivity index (χ0v) is 13.2. The van der Waals surface area contributed by atoms with E-state index in [-0.39, 0.29) is 24.1 Å². The van der Waals surface area contributed by atoms with Crippen LogP contribution in [0.4, 0.5) is 4.79 Å². The molecule has 0 aromatic rings. The van der Waals surface area contributed by atoms with Gasteiger partial charge >= 0.3 is 12.1 Å². The zero-order valence-electron chi connectivity index (χ0n) is 13.2. The summed E-state index contributed by atoms with van der Waals surface area (Å²) in [6, 6.07) is 0. The lowest BCUT2D eigenvalue weighted by molar-refractivity contribution is -0.144. The summed E-state index contributed by atoms with van der Waals surface area (Å²) in [7, 11) is 0. The van der Waals surface area contributed by atoms with Crippen molar-refractivity contribution >= 4 is 12.1 Å². The van der Waals surface area contributed by atoms with Crippen molar-refractivity contribution in [1.29, 1.82) is 0 Å². The number of ether oxygens (including phenoxy) is 2. The van der Waals surface area contributed by atoms with Crippen LogP contribution in [-0.4, -0.2) is 30.3 Å². The highest BCUT2D eigenvalue weighted by Gasteiger charge is 2.31. The predicted octanol–water partition coefficient (Wildman–Crippen LogP) is 2.88. The Morgan fingerprint density at radius 1 is 1.50 bits per heavy atom. The van der Waals surface area contributed by atoms with Crippen molar-refractivity contribution in [2.45, 2.75) is 65.6 Å². The molecule has 1 amide bonds. The molecule has 1 heterocycles. The Morgan fingerprint density at radius 2 is 2.15 bits per heavy atom. The monoisotopic (exact) mass is 285 g/mol. The van der Waals surface area contributed by atoms with Crippen molar-refractivity contribution in [3.05, 3.63) is 0 Å². The number of rotatable bonds is 5. The first-order valence-electron chi connectivity index (χ1n) is 7.34. The largest absolute Gasteiger partial charge is 0.462 e. The molecule has 1 rings (SSSR count). The predicted molar refractivity (Wildman–Crippen MR) is 76.3 cm³/mol. The Bertz CT molecular complexity index is 348. The van der Waals surface area contributed by atoms with Crippen LogP contribution < -0.4 is 5.32 Å². The summed E-state index contributed by atoms with van der Waals surface area (Å²) < 4.78 is 10.4. The fourth-order valence-corrected chi connectivity index (χ4v) is 2.26. The molecule has 0 spiro atoms. The van der Waals surface area contributed by atoms with Crippen LogP contribution in [0.5, 0.6) is 0 Å². The van der Waals surface area contributed by atoms with Gasteiger partial charge in [-0.15, -0.1) is 0 Å². The highest BCUT2D eigenvalue weighted by molar-refractivity contribution is 5.74. The van der Waals surface area contributed by atoms with Gasteiger partial charge in [-0.05, 0) is 46.0 Å². The molecule has 3 unspecified atom stereocenters. The Labute approximate surface area is 121 Å². The minimum atomic E-state index is -0.468. The number of hydrogen-bond acceptors (Lipinski definition) is 4. The van der Waals surface area contributed by atoms with Crippen LogP contribution in [0.1, 0.15) is 53.9 Å². The molecule has 0 radical (unpaired) electrons. The van der Waals surface area contributed by atoms with Crippen LogP contribution in [0, 0.1) is 11.8 Å². The zero-order chi connectivity index (χ0) is 15.3. The molecule has 1 saturated heterocycles. The summed E-state index contributed by atoms with van der Waals surface area (Å²) in [6.45, 7) is 10.1. The molecule has 3 atom stereocenters. The van der Waals surface area contributed by atoms with Gasteiger partial charge in [0.2, 0.25) is 0 Å². The molecule has 5 nitrogen and oxygen atoms in total. The summed E-state index contributed by atoms with van der Waals surface area (Å²) in [5.41, 5.74) is -0.468. The Morgan fingerprint density at radius 3 is 2.65 bits per heavy atom. The normalized spacial score (nSPS) is 24.1. The first kappa shape index (κ1) is 16.8. The lowest BCUT2D eigenvalue weighted by Gasteiger charge is -2.20. The van der Waals surface area contributed by atoms with Crippen molar-refractivity contribution in [1.82, 2.24) is 5.32 Å². The van der Waals surface area contributed by atoms with E-state index >= 15 is 0 Å². The van der Waals surface area contributed by atoms with Gasteiger partial charge in [-0.3, -0.25) is 4.79 Å². The van der Waals surface area contributed by atoms with Gasteiger partial charge in [0.1, 0.15) is 11.7 Å². The topological polar surface area (TPSA) is 64.6 Å². The highest BCUT2D eigenvalue weighted by atomic mass is 16.6. The van der Waals surface area contributed by atoms with E-state index < -0.39 is 5.60 Å². The van der Waals surface area contributed by atoms with Gasteiger partial charge in [-0.25, -0.2) is 4.79 Å². The number of alkyl carbamates (subject to hydrolysis) is 1. The van der Waals surface area contributed by atoms with E-state index in [1.54, 1.807) is 0 Å². The molecule has 5 heteroatoms. The Balaban J connectivity index is 2.16. The summed E-state index contributed by atoms with van der Waals surface area (Å²) in [5.74, 6) is 0.328. The smallest absolute Gasteiger partial charge is 0.407 e. The number of hydrogen-bond donors (Lipinski definition) is 1. The molecule has 0 aliphatic carbocycles. The molecule has 116 valence electrons. The Hall–Kier alpha value is -1.26. The number of amides is 1. The third-order valence-corrected chi connectivity index (χ3v) is 3.27. The second-order valence-corrected chi connectivity index (χ2v) is 6.75. The van der Waals surface area contributed by atoms with Crippen LogP contribution in [-0.2, 0) is 14.3 Å². The van der Waals surface area contributed by atoms with Crippen LogP contribution in [0.3, 0.4) is 0 Å². The van der Waals surface area contributed by atoms with Crippen LogP contribution >= 0.6 is 0 Å². The average Bonchev–Trinajstić information content (AvgIpc) is 2.54. The van der Waals surface area contributed by atoms with Crippen LogP contribution in [0.2, 0.25) is 0 Å². The van der Waals surface area contributed by atoms with Crippen molar-refractivity contribution in [2.24, 2.45) is 11.8 Å². The van der Waals surface area contributed by atoms with E-state index in [1.165, 1.54) is 0 Å². The van der Waals surface area contributed by atoms with Crippen LogP contribution in [0.25, 0.3) is 0 Å². The summed E-state index contributed by atoms with van der Waals surface area (Å²) in [5, 5.41) is 2.74. The fourth-order valence-electron chi connectivity index (χ4n) is 2.26. The lowest BCUT2D eigenvalue weighted by Crippen LogP contribution is -2.33. The third-order valence-electron chi connectivity index (χ3n) is 3.27. The maximum absolute atomic E-state index is 11.5. The molecule has 1 aliphatic rings. The number of carbonyl (C=O) groups is 2. The van der Waals surface area contributed by atoms with Crippen molar-refractivity contribution in [2.75, 3.05) is 6.54 Å². The average molecular weight is 285 g/mol. The lowest BCUT2D eigenvalue weighted by atomic mass is 9.96. The third kappa shape index (κ3) is 6.26. The van der Waals surface area contributed by atoms with Gasteiger partial charge < -0.3 is 14.8 Å². The summed E-state index contributed by atoms with van der Waals surface area (Å²) in [6.07, 6.45) is 2.16. The van der Waals surface area contributed by atoms with Crippen molar-refractivity contribution < 1.29 is 19.1 Å². The van der Waals surface area contributed by atoms with Gasteiger partial charge in [0.25, 0.3) is 0 Å². The number of carbonyl (C=O) groups excluding carboxylic acids is 2. The quantitative estimate of drug-likeness (QED) is 0.789. The molecule has 20 heavy (non-hydrogen) atoms. The second kappa shape index (κ2) is 6.95. The fraction of sp³-hybridized carbons (Fsp3) is 0.867. The molecular weight excluding hydrogens is 258 g/mol. The highest BCUT2D eigenvalue weighted by Crippen LogP contribution is 2.26. The molecule has 1 aliphatic heterocycles. The molecule has 1 fully saturated rings. The molecule has 0 saturated carbocycles. The summed E-state index contributed by atoms with van der Waals surface area (Å²) in [4.78, 5) is 22.8. The maximum atomic E-state index is 11.5. The molecular formula is C15H27NO4. The maximum Gasteiger partial charge on any atom is 0.407 e. The molecule has 0 aromatic carbocycles. The van der Waals surface area contributed by atoms with Crippen molar-refractivity contribution in [3.63, 3.8) is 0 Å². The molecule has 0 aromatic heterocycles. The standard InChI is InChI=1S/C15H27NO4/c1-10(8-12-9-11(2)13(17)19-12)6-7-16-14(18)20-15(3,4)5/h10-12H,6-9H2,1-5H3,(H,16,18). The first-order chi connectivity index (χ1) is 9.17. The van der Waals surface area contributed by atoms with Crippen molar-refractivity contribution in [3.8, 4) is 0 Å². The first-order valence-corrected chi connectivity index (χ1v) is 7.34. The van der Waals surface area contributed by atoms with Gasteiger partial charge in [0.15, 0.2) is 0 Å². The van der Waals surface area contributed by atoms with Crippen LogP contribution in [0.15, 0.2) is 0 Å². The SMILES string of the molecule is CC(CCNC(=O)OC(C)(C)C)CC1CC(C)C(=O)O1. The molecule has 0 bridgehead atoms.